The summed E-state index contributed by atoms with van der Waals surface area (Å²) in [5.41, 5.74) is 1.24. The Balaban J connectivity index is 2.02. The highest BCUT2D eigenvalue weighted by molar-refractivity contribution is 9.10. The summed E-state index contributed by atoms with van der Waals surface area (Å²) in [5.74, 6) is 0.736. The van der Waals surface area contributed by atoms with Crippen molar-refractivity contribution in [2.24, 2.45) is 0 Å². The third-order valence-corrected chi connectivity index (χ3v) is 3.79. The summed E-state index contributed by atoms with van der Waals surface area (Å²) in [5, 5.41) is 0.907. The lowest BCUT2D eigenvalue weighted by Crippen LogP contribution is -2.16. The van der Waals surface area contributed by atoms with Crippen molar-refractivity contribution in [3.05, 3.63) is 40.1 Å². The Morgan fingerprint density at radius 1 is 1.33 bits per heavy atom. The molecule has 1 aromatic carbocycles. The first-order valence-corrected chi connectivity index (χ1v) is 7.03. The molecule has 0 fully saturated rings. The Hall–Kier alpha value is -0.980. The van der Waals surface area contributed by atoms with E-state index in [-0.39, 0.29) is 0 Å². The molecule has 0 unspecified atom stereocenters. The predicted molar refractivity (Wildman–Crippen MR) is 76.9 cm³/mol. The molecule has 4 nitrogen and oxygen atoms in total. The second kappa shape index (κ2) is 6.26. The van der Waals surface area contributed by atoms with Crippen molar-refractivity contribution < 1.29 is 4.74 Å². The number of rotatable bonds is 5. The van der Waals surface area contributed by atoms with Crippen molar-refractivity contribution in [3.63, 3.8) is 0 Å². The molecule has 2 rings (SSSR count). The Morgan fingerprint density at radius 2 is 2.06 bits per heavy atom. The molecule has 18 heavy (non-hydrogen) atoms. The first-order valence-electron chi connectivity index (χ1n) is 5.46. The van der Waals surface area contributed by atoms with Crippen LogP contribution in [0, 0.1) is 0 Å². The molecule has 0 saturated heterocycles. The number of nitrogens with zero attached hydrogens (tertiary/aromatic N) is 3. The van der Waals surface area contributed by atoms with Crippen LogP contribution >= 0.6 is 27.5 Å². The fourth-order valence-corrected chi connectivity index (χ4v) is 2.41. The second-order valence-electron chi connectivity index (χ2n) is 3.91. The fraction of sp³-hybridized carbons (Fsp3) is 0.333. The molecular weight excluding hydrogens is 314 g/mol. The maximum atomic E-state index is 5.01. The Kier molecular flexibility index (Phi) is 4.68. The molecular formula is C12H14BrN3OS. The van der Waals surface area contributed by atoms with Crippen molar-refractivity contribution in [1.82, 2.24) is 9.36 Å². The summed E-state index contributed by atoms with van der Waals surface area (Å²) in [6.07, 6.45) is 0. The van der Waals surface area contributed by atoms with Gasteiger partial charge < -0.3 is 9.64 Å². The molecule has 0 spiro atoms. The van der Waals surface area contributed by atoms with E-state index in [1.54, 1.807) is 7.11 Å². The molecule has 0 saturated carbocycles. The Morgan fingerprint density at radius 3 is 2.72 bits per heavy atom. The van der Waals surface area contributed by atoms with Gasteiger partial charge >= 0.3 is 0 Å². The summed E-state index contributed by atoms with van der Waals surface area (Å²) in [6.45, 7) is 1.28. The topological polar surface area (TPSA) is 38.2 Å². The van der Waals surface area contributed by atoms with E-state index in [1.807, 2.05) is 19.2 Å². The number of hydrogen-bond acceptors (Lipinski definition) is 5. The standard InChI is InChI=1S/C12H14BrN3OS/c1-16(7-9-3-5-10(13)6-4-9)12-14-11(8-17-2)15-18-12/h3-6H,7-8H2,1-2H3. The van der Waals surface area contributed by atoms with Gasteiger partial charge in [0.15, 0.2) is 5.82 Å². The van der Waals surface area contributed by atoms with E-state index in [9.17, 15) is 0 Å². The number of anilines is 1. The van der Waals surface area contributed by atoms with Crippen LogP contribution in [0.5, 0.6) is 0 Å². The van der Waals surface area contributed by atoms with Gasteiger partial charge in [0.1, 0.15) is 6.61 Å². The summed E-state index contributed by atoms with van der Waals surface area (Å²) in [6, 6.07) is 8.27. The van der Waals surface area contributed by atoms with E-state index in [0.29, 0.717) is 6.61 Å². The van der Waals surface area contributed by atoms with Gasteiger partial charge in [-0.05, 0) is 17.7 Å². The van der Waals surface area contributed by atoms with Gasteiger partial charge in [-0.25, -0.2) is 4.98 Å². The maximum absolute atomic E-state index is 5.01. The average Bonchev–Trinajstić information content (AvgIpc) is 2.81. The average molecular weight is 328 g/mol. The molecule has 1 heterocycles. The van der Waals surface area contributed by atoms with Crippen LogP contribution in [0.2, 0.25) is 0 Å². The van der Waals surface area contributed by atoms with Crippen molar-refractivity contribution in [3.8, 4) is 0 Å². The van der Waals surface area contributed by atoms with E-state index in [1.165, 1.54) is 17.1 Å². The smallest absolute Gasteiger partial charge is 0.205 e. The molecule has 96 valence electrons. The molecule has 0 radical (unpaired) electrons. The van der Waals surface area contributed by atoms with Crippen molar-refractivity contribution in [2.45, 2.75) is 13.2 Å². The van der Waals surface area contributed by atoms with Gasteiger partial charge in [-0.1, -0.05) is 28.1 Å². The lowest BCUT2D eigenvalue weighted by atomic mass is 10.2. The fourth-order valence-electron chi connectivity index (χ4n) is 1.52. The number of methoxy groups -OCH3 is 1. The first kappa shape index (κ1) is 13.5. The molecule has 0 aliphatic carbocycles. The summed E-state index contributed by atoms with van der Waals surface area (Å²) >= 11 is 4.82. The summed E-state index contributed by atoms with van der Waals surface area (Å²) < 4.78 is 10.3. The molecule has 2 aromatic rings. The minimum absolute atomic E-state index is 0.461. The van der Waals surface area contributed by atoms with Gasteiger partial charge in [0.2, 0.25) is 5.13 Å². The van der Waals surface area contributed by atoms with Crippen LogP contribution in [-0.4, -0.2) is 23.5 Å². The zero-order valence-electron chi connectivity index (χ0n) is 10.3. The van der Waals surface area contributed by atoms with Gasteiger partial charge in [0, 0.05) is 36.7 Å². The van der Waals surface area contributed by atoms with E-state index in [0.717, 1.165) is 22.0 Å². The lowest BCUT2D eigenvalue weighted by molar-refractivity contribution is 0.179. The van der Waals surface area contributed by atoms with Gasteiger partial charge in [-0.3, -0.25) is 0 Å². The van der Waals surface area contributed by atoms with Crippen molar-refractivity contribution in [2.75, 3.05) is 19.1 Å². The van der Waals surface area contributed by atoms with Crippen LogP contribution in [0.1, 0.15) is 11.4 Å². The number of ether oxygens (including phenoxy) is 1. The maximum Gasteiger partial charge on any atom is 0.205 e. The first-order chi connectivity index (χ1) is 8.69. The van der Waals surface area contributed by atoms with E-state index in [2.05, 4.69) is 42.3 Å². The van der Waals surface area contributed by atoms with Gasteiger partial charge in [-0.2, -0.15) is 4.37 Å². The molecule has 0 amide bonds. The third kappa shape index (κ3) is 3.51. The monoisotopic (exact) mass is 327 g/mol. The van der Waals surface area contributed by atoms with Crippen LogP contribution in [0.25, 0.3) is 0 Å². The number of hydrogen-bond donors (Lipinski definition) is 0. The summed E-state index contributed by atoms with van der Waals surface area (Å²) in [7, 11) is 3.66. The number of aromatic nitrogens is 2. The molecule has 0 aliphatic heterocycles. The quantitative estimate of drug-likeness (QED) is 0.845. The van der Waals surface area contributed by atoms with Crippen molar-refractivity contribution in [1.29, 1.82) is 0 Å². The van der Waals surface area contributed by atoms with Gasteiger partial charge in [0.05, 0.1) is 0 Å². The van der Waals surface area contributed by atoms with E-state index >= 15 is 0 Å². The number of benzene rings is 1. The minimum Gasteiger partial charge on any atom is -0.377 e. The Labute approximate surface area is 119 Å². The van der Waals surface area contributed by atoms with E-state index in [4.69, 9.17) is 4.74 Å². The zero-order valence-corrected chi connectivity index (χ0v) is 12.7. The molecule has 0 atom stereocenters. The van der Waals surface area contributed by atoms with Gasteiger partial charge in [-0.15, -0.1) is 0 Å². The van der Waals surface area contributed by atoms with Crippen LogP contribution in [-0.2, 0) is 17.9 Å². The number of halogens is 1. The molecule has 0 bridgehead atoms. The highest BCUT2D eigenvalue weighted by atomic mass is 79.9. The Bertz CT molecular complexity index is 500. The minimum atomic E-state index is 0.461. The molecule has 0 N–H and O–H groups in total. The molecule has 1 aromatic heterocycles. The summed E-state index contributed by atoms with van der Waals surface area (Å²) in [4.78, 5) is 6.50. The van der Waals surface area contributed by atoms with Gasteiger partial charge in [0.25, 0.3) is 0 Å². The SMILES string of the molecule is COCc1nsc(N(C)Cc2ccc(Br)cc2)n1. The van der Waals surface area contributed by atoms with Crippen LogP contribution in [0.15, 0.2) is 28.7 Å². The highest BCUT2D eigenvalue weighted by Crippen LogP contribution is 2.19. The largest absolute Gasteiger partial charge is 0.377 e. The second-order valence-corrected chi connectivity index (χ2v) is 5.55. The van der Waals surface area contributed by atoms with E-state index < -0.39 is 0 Å². The molecule has 0 aliphatic rings. The third-order valence-electron chi connectivity index (χ3n) is 2.39. The van der Waals surface area contributed by atoms with Crippen LogP contribution in [0.3, 0.4) is 0 Å². The van der Waals surface area contributed by atoms with Crippen LogP contribution < -0.4 is 4.90 Å². The molecule has 6 heteroatoms. The van der Waals surface area contributed by atoms with Crippen molar-refractivity contribution >= 4 is 32.6 Å². The predicted octanol–water partition coefficient (Wildman–Crippen LogP) is 3.08. The highest BCUT2D eigenvalue weighted by Gasteiger charge is 2.08. The zero-order chi connectivity index (χ0) is 13.0. The normalized spacial score (nSPS) is 10.6. The van der Waals surface area contributed by atoms with Crippen LogP contribution in [0.4, 0.5) is 5.13 Å². The lowest BCUT2D eigenvalue weighted by Gasteiger charge is -2.14.